The van der Waals surface area contributed by atoms with Gasteiger partial charge in [-0.1, -0.05) is 6.07 Å². The molecule has 0 spiro atoms. The standard InChI is InChI=1S/C16H13FN2O/c1-10-4-3-5-14-18-15(11(2)20)16(19(10)14)12-6-8-13(17)9-7-12/h3-9H,1-2H3. The molecule has 3 nitrogen and oxygen atoms in total. The number of rotatable bonds is 2. The van der Waals surface area contributed by atoms with E-state index < -0.39 is 0 Å². The Balaban J connectivity index is 2.39. The van der Waals surface area contributed by atoms with Crippen LogP contribution in [0.5, 0.6) is 0 Å². The molecule has 0 fully saturated rings. The topological polar surface area (TPSA) is 34.4 Å². The van der Waals surface area contributed by atoms with E-state index in [1.807, 2.05) is 29.5 Å². The van der Waals surface area contributed by atoms with Crippen LogP contribution in [0.25, 0.3) is 16.9 Å². The van der Waals surface area contributed by atoms with Gasteiger partial charge in [0, 0.05) is 18.2 Å². The van der Waals surface area contributed by atoms with Crippen molar-refractivity contribution >= 4 is 11.4 Å². The third kappa shape index (κ3) is 1.90. The van der Waals surface area contributed by atoms with E-state index >= 15 is 0 Å². The molecule has 0 atom stereocenters. The number of fused-ring (bicyclic) bond motifs is 1. The summed E-state index contributed by atoms with van der Waals surface area (Å²) in [7, 11) is 0. The van der Waals surface area contributed by atoms with Crippen molar-refractivity contribution in [1.29, 1.82) is 0 Å². The second kappa shape index (κ2) is 4.56. The second-order valence-electron chi connectivity index (χ2n) is 4.73. The number of nitrogens with zero attached hydrogens (tertiary/aromatic N) is 2. The zero-order valence-electron chi connectivity index (χ0n) is 11.2. The van der Waals surface area contributed by atoms with Crippen LogP contribution in [0.15, 0.2) is 42.5 Å². The molecule has 2 aromatic heterocycles. The maximum Gasteiger partial charge on any atom is 0.180 e. The molecule has 3 rings (SSSR count). The van der Waals surface area contributed by atoms with Crippen LogP contribution in [0.1, 0.15) is 23.1 Å². The van der Waals surface area contributed by atoms with Gasteiger partial charge in [0.25, 0.3) is 0 Å². The number of ketones is 1. The van der Waals surface area contributed by atoms with Crippen molar-refractivity contribution in [3.63, 3.8) is 0 Å². The minimum absolute atomic E-state index is 0.104. The van der Waals surface area contributed by atoms with E-state index in [-0.39, 0.29) is 11.6 Å². The van der Waals surface area contributed by atoms with Gasteiger partial charge in [-0.15, -0.1) is 0 Å². The van der Waals surface area contributed by atoms with Crippen LogP contribution in [-0.4, -0.2) is 15.2 Å². The fourth-order valence-electron chi connectivity index (χ4n) is 2.37. The lowest BCUT2D eigenvalue weighted by Crippen LogP contribution is -1.98. The molecule has 100 valence electrons. The summed E-state index contributed by atoms with van der Waals surface area (Å²) in [6, 6.07) is 11.8. The van der Waals surface area contributed by atoms with Crippen molar-refractivity contribution in [2.24, 2.45) is 0 Å². The minimum Gasteiger partial charge on any atom is -0.296 e. The molecular weight excluding hydrogens is 255 g/mol. The van der Waals surface area contributed by atoms with Gasteiger partial charge < -0.3 is 0 Å². The van der Waals surface area contributed by atoms with E-state index in [2.05, 4.69) is 4.98 Å². The molecule has 0 N–H and O–H groups in total. The Kier molecular flexibility index (Phi) is 2.86. The second-order valence-corrected chi connectivity index (χ2v) is 4.73. The molecule has 3 aromatic rings. The zero-order chi connectivity index (χ0) is 14.3. The van der Waals surface area contributed by atoms with Crippen LogP contribution in [0.2, 0.25) is 0 Å². The number of hydrogen-bond acceptors (Lipinski definition) is 2. The highest BCUT2D eigenvalue weighted by molar-refractivity contribution is 5.99. The fraction of sp³-hybridized carbons (Fsp3) is 0.125. The van der Waals surface area contributed by atoms with Gasteiger partial charge >= 0.3 is 0 Å². The Labute approximate surface area is 115 Å². The Morgan fingerprint density at radius 2 is 1.85 bits per heavy atom. The molecule has 0 amide bonds. The number of imidazole rings is 1. The largest absolute Gasteiger partial charge is 0.296 e. The SMILES string of the molecule is CC(=O)c1nc2cccc(C)n2c1-c1ccc(F)cc1. The molecule has 20 heavy (non-hydrogen) atoms. The van der Waals surface area contributed by atoms with Gasteiger partial charge in [0.15, 0.2) is 5.78 Å². The van der Waals surface area contributed by atoms with Crippen LogP contribution in [0, 0.1) is 12.7 Å². The molecule has 0 aliphatic carbocycles. The van der Waals surface area contributed by atoms with E-state index in [1.54, 1.807) is 12.1 Å². The normalized spacial score (nSPS) is 10.9. The first-order chi connectivity index (χ1) is 9.58. The van der Waals surface area contributed by atoms with Crippen LogP contribution in [0.3, 0.4) is 0 Å². The first-order valence-corrected chi connectivity index (χ1v) is 6.33. The van der Waals surface area contributed by atoms with E-state index in [4.69, 9.17) is 0 Å². The number of aromatic nitrogens is 2. The molecule has 0 unspecified atom stereocenters. The van der Waals surface area contributed by atoms with Crippen LogP contribution in [0.4, 0.5) is 4.39 Å². The van der Waals surface area contributed by atoms with E-state index in [1.165, 1.54) is 19.1 Å². The van der Waals surface area contributed by atoms with Crippen molar-refractivity contribution in [2.45, 2.75) is 13.8 Å². The van der Waals surface area contributed by atoms with Gasteiger partial charge in [0.05, 0.1) is 5.69 Å². The highest BCUT2D eigenvalue weighted by Crippen LogP contribution is 2.27. The highest BCUT2D eigenvalue weighted by Gasteiger charge is 2.18. The van der Waals surface area contributed by atoms with Gasteiger partial charge in [0.2, 0.25) is 0 Å². The number of aryl methyl sites for hydroxylation is 1. The summed E-state index contributed by atoms with van der Waals surface area (Å²) in [6.07, 6.45) is 0. The summed E-state index contributed by atoms with van der Waals surface area (Å²) in [5.74, 6) is -0.406. The fourth-order valence-corrected chi connectivity index (χ4v) is 2.37. The number of carbonyl (C=O) groups is 1. The van der Waals surface area contributed by atoms with Gasteiger partial charge in [-0.3, -0.25) is 9.20 Å². The lowest BCUT2D eigenvalue weighted by Gasteiger charge is -2.06. The first-order valence-electron chi connectivity index (χ1n) is 6.33. The summed E-state index contributed by atoms with van der Waals surface area (Å²) in [5, 5.41) is 0. The number of benzene rings is 1. The lowest BCUT2D eigenvalue weighted by molar-refractivity contribution is 0.101. The molecule has 0 aliphatic rings. The number of pyridine rings is 1. The van der Waals surface area contributed by atoms with Crippen LogP contribution >= 0.6 is 0 Å². The van der Waals surface area contributed by atoms with Crippen molar-refractivity contribution in [3.05, 3.63) is 59.7 Å². The Morgan fingerprint density at radius 3 is 2.50 bits per heavy atom. The summed E-state index contributed by atoms with van der Waals surface area (Å²) >= 11 is 0. The Morgan fingerprint density at radius 1 is 1.15 bits per heavy atom. The molecule has 0 saturated heterocycles. The van der Waals surface area contributed by atoms with E-state index in [0.29, 0.717) is 11.4 Å². The lowest BCUT2D eigenvalue weighted by atomic mass is 10.1. The number of halogens is 1. The summed E-state index contributed by atoms with van der Waals surface area (Å²) < 4.78 is 15.0. The molecule has 0 aliphatic heterocycles. The molecule has 1 aromatic carbocycles. The molecule has 0 radical (unpaired) electrons. The molecule has 0 saturated carbocycles. The molecule has 0 bridgehead atoms. The van der Waals surface area contributed by atoms with Crippen molar-refractivity contribution in [2.75, 3.05) is 0 Å². The van der Waals surface area contributed by atoms with Gasteiger partial charge in [-0.2, -0.15) is 0 Å². The highest BCUT2D eigenvalue weighted by atomic mass is 19.1. The predicted octanol–water partition coefficient (Wildman–Crippen LogP) is 3.65. The average molecular weight is 268 g/mol. The van der Waals surface area contributed by atoms with Gasteiger partial charge in [-0.05, 0) is 43.3 Å². The van der Waals surface area contributed by atoms with Crippen molar-refractivity contribution in [3.8, 4) is 11.3 Å². The maximum atomic E-state index is 13.1. The summed E-state index contributed by atoms with van der Waals surface area (Å²) in [4.78, 5) is 16.2. The van der Waals surface area contributed by atoms with E-state index in [9.17, 15) is 9.18 Å². The smallest absolute Gasteiger partial charge is 0.180 e. The average Bonchev–Trinajstić information content (AvgIpc) is 2.81. The summed E-state index contributed by atoms with van der Waals surface area (Å²) in [6.45, 7) is 3.44. The third-order valence-electron chi connectivity index (χ3n) is 3.29. The molecule has 2 heterocycles. The minimum atomic E-state index is -0.302. The maximum absolute atomic E-state index is 13.1. The van der Waals surface area contributed by atoms with Crippen molar-refractivity contribution in [1.82, 2.24) is 9.38 Å². The van der Waals surface area contributed by atoms with Crippen molar-refractivity contribution < 1.29 is 9.18 Å². The number of hydrogen-bond donors (Lipinski definition) is 0. The van der Waals surface area contributed by atoms with Crippen LogP contribution < -0.4 is 0 Å². The quantitative estimate of drug-likeness (QED) is 0.665. The van der Waals surface area contributed by atoms with E-state index in [0.717, 1.165) is 16.9 Å². The molecule has 4 heteroatoms. The monoisotopic (exact) mass is 268 g/mol. The zero-order valence-corrected chi connectivity index (χ0v) is 11.2. The summed E-state index contributed by atoms with van der Waals surface area (Å²) in [5.41, 5.74) is 3.59. The van der Waals surface area contributed by atoms with Gasteiger partial charge in [0.1, 0.15) is 17.2 Å². The number of Topliss-reactive ketones (excluding diaryl/α,β-unsaturated/α-hetero) is 1. The number of carbonyl (C=O) groups excluding carboxylic acids is 1. The first kappa shape index (κ1) is 12.5. The molecular formula is C16H13FN2O. The van der Waals surface area contributed by atoms with Gasteiger partial charge in [-0.25, -0.2) is 9.37 Å². The predicted molar refractivity (Wildman–Crippen MR) is 75.3 cm³/mol. The third-order valence-corrected chi connectivity index (χ3v) is 3.29. The Hall–Kier alpha value is -2.49. The van der Waals surface area contributed by atoms with Crippen LogP contribution in [-0.2, 0) is 0 Å². The Bertz CT molecular complexity index is 803.